The molecule has 2 rings (SSSR count). The number of halogens is 2. The number of nitrogens with zero attached hydrogens (tertiary/aromatic N) is 1. The Morgan fingerprint density at radius 1 is 1.30 bits per heavy atom. The number of hydrogen-bond donors (Lipinski definition) is 0. The van der Waals surface area contributed by atoms with E-state index >= 15 is 0 Å². The summed E-state index contributed by atoms with van der Waals surface area (Å²) in [6.07, 6.45) is 0. The topological polar surface area (TPSA) is 52.4 Å². The number of para-hydroxylation sites is 1. The van der Waals surface area contributed by atoms with Crippen molar-refractivity contribution in [2.45, 2.75) is 12.8 Å². The number of alkyl halides is 1. The maximum atomic E-state index is 11.0. The van der Waals surface area contributed by atoms with Gasteiger partial charge < -0.3 is 4.74 Å². The molecule has 0 aliphatic heterocycles. The molecule has 2 aromatic rings. The van der Waals surface area contributed by atoms with E-state index in [2.05, 4.69) is 0 Å². The van der Waals surface area contributed by atoms with Crippen LogP contribution in [0.25, 0.3) is 0 Å². The summed E-state index contributed by atoms with van der Waals surface area (Å²) < 4.78 is 5.62. The van der Waals surface area contributed by atoms with E-state index in [-0.39, 0.29) is 22.3 Å². The number of benzene rings is 2. The van der Waals surface area contributed by atoms with E-state index in [0.717, 1.165) is 11.1 Å². The fourth-order valence-electron chi connectivity index (χ4n) is 1.76. The van der Waals surface area contributed by atoms with Crippen LogP contribution in [0, 0.1) is 17.0 Å². The summed E-state index contributed by atoms with van der Waals surface area (Å²) in [5.74, 6) is 0.728. The SMILES string of the molecule is Cc1ccc(Oc2c(Cl)cccc2[N+](=O)[O-])c(CCl)c1. The molecule has 0 aliphatic carbocycles. The molecule has 6 heteroatoms. The van der Waals surface area contributed by atoms with Gasteiger partial charge in [0.1, 0.15) is 5.75 Å². The fourth-order valence-corrected chi connectivity index (χ4v) is 2.18. The van der Waals surface area contributed by atoms with Crippen LogP contribution in [-0.2, 0) is 5.88 Å². The Morgan fingerprint density at radius 3 is 2.70 bits per heavy atom. The summed E-state index contributed by atoms with van der Waals surface area (Å²) in [5, 5.41) is 11.2. The van der Waals surface area contributed by atoms with Crippen molar-refractivity contribution >= 4 is 28.9 Å². The van der Waals surface area contributed by atoms with Gasteiger partial charge in [-0.05, 0) is 19.1 Å². The molecular weight excluding hydrogens is 301 g/mol. The van der Waals surface area contributed by atoms with Crippen molar-refractivity contribution in [2.24, 2.45) is 0 Å². The number of hydrogen-bond acceptors (Lipinski definition) is 3. The standard InChI is InChI=1S/C14H11Cl2NO3/c1-9-5-6-13(10(7-9)8-15)20-14-11(16)3-2-4-12(14)17(18)19/h2-7H,8H2,1H3. The third-order valence-electron chi connectivity index (χ3n) is 2.71. The van der Waals surface area contributed by atoms with E-state index < -0.39 is 4.92 Å². The first-order valence-corrected chi connectivity index (χ1v) is 6.70. The monoisotopic (exact) mass is 311 g/mol. The highest BCUT2D eigenvalue weighted by Crippen LogP contribution is 2.39. The van der Waals surface area contributed by atoms with E-state index in [1.165, 1.54) is 12.1 Å². The van der Waals surface area contributed by atoms with Gasteiger partial charge in [0, 0.05) is 11.6 Å². The number of nitro benzene ring substituents is 1. The summed E-state index contributed by atoms with van der Waals surface area (Å²) in [6.45, 7) is 1.93. The second-order valence-corrected chi connectivity index (χ2v) is 4.87. The van der Waals surface area contributed by atoms with Gasteiger partial charge in [0.15, 0.2) is 0 Å². The van der Waals surface area contributed by atoms with Crippen LogP contribution in [0.5, 0.6) is 11.5 Å². The third kappa shape index (κ3) is 3.03. The number of rotatable bonds is 4. The first-order valence-electron chi connectivity index (χ1n) is 5.79. The molecule has 0 N–H and O–H groups in total. The summed E-state index contributed by atoms with van der Waals surface area (Å²) >= 11 is 11.9. The lowest BCUT2D eigenvalue weighted by Crippen LogP contribution is -1.96. The van der Waals surface area contributed by atoms with Gasteiger partial charge in [-0.2, -0.15) is 0 Å². The molecule has 0 heterocycles. The zero-order valence-electron chi connectivity index (χ0n) is 10.6. The number of nitro groups is 1. The third-order valence-corrected chi connectivity index (χ3v) is 3.30. The molecule has 0 fully saturated rings. The Bertz CT molecular complexity index is 659. The first kappa shape index (κ1) is 14.6. The van der Waals surface area contributed by atoms with E-state index in [4.69, 9.17) is 27.9 Å². The van der Waals surface area contributed by atoms with Gasteiger partial charge in [-0.15, -0.1) is 11.6 Å². The van der Waals surface area contributed by atoms with Crippen molar-refractivity contribution in [1.82, 2.24) is 0 Å². The molecule has 0 spiro atoms. The average Bonchev–Trinajstić information content (AvgIpc) is 2.42. The molecule has 0 aliphatic rings. The quantitative estimate of drug-likeness (QED) is 0.449. The molecule has 20 heavy (non-hydrogen) atoms. The molecule has 0 atom stereocenters. The number of ether oxygens (including phenoxy) is 1. The summed E-state index contributed by atoms with van der Waals surface area (Å²) in [5.41, 5.74) is 1.60. The van der Waals surface area contributed by atoms with Crippen molar-refractivity contribution in [1.29, 1.82) is 0 Å². The van der Waals surface area contributed by atoms with Crippen molar-refractivity contribution in [3.63, 3.8) is 0 Å². The second kappa shape index (κ2) is 6.11. The molecule has 0 saturated heterocycles. The van der Waals surface area contributed by atoms with Crippen molar-refractivity contribution in [3.8, 4) is 11.5 Å². The van der Waals surface area contributed by atoms with Crippen LogP contribution < -0.4 is 4.74 Å². The maximum absolute atomic E-state index is 11.0. The molecule has 0 radical (unpaired) electrons. The zero-order chi connectivity index (χ0) is 14.7. The van der Waals surface area contributed by atoms with Crippen molar-refractivity contribution in [3.05, 3.63) is 62.7 Å². The van der Waals surface area contributed by atoms with Gasteiger partial charge in [0.2, 0.25) is 5.75 Å². The fraction of sp³-hybridized carbons (Fsp3) is 0.143. The molecule has 0 amide bonds. The largest absolute Gasteiger partial charge is 0.448 e. The van der Waals surface area contributed by atoms with Gasteiger partial charge in [0.25, 0.3) is 0 Å². The van der Waals surface area contributed by atoms with E-state index in [0.29, 0.717) is 5.75 Å². The minimum absolute atomic E-state index is 0.0226. The van der Waals surface area contributed by atoms with Crippen LogP contribution in [0.3, 0.4) is 0 Å². The summed E-state index contributed by atoms with van der Waals surface area (Å²) in [6, 6.07) is 9.82. The zero-order valence-corrected chi connectivity index (χ0v) is 12.1. The molecule has 0 aromatic heterocycles. The Labute approximate surface area is 126 Å². The van der Waals surface area contributed by atoms with Crippen molar-refractivity contribution in [2.75, 3.05) is 0 Å². The van der Waals surface area contributed by atoms with Crippen LogP contribution >= 0.6 is 23.2 Å². The lowest BCUT2D eigenvalue weighted by atomic mass is 10.1. The number of aryl methyl sites for hydroxylation is 1. The highest BCUT2D eigenvalue weighted by atomic mass is 35.5. The van der Waals surface area contributed by atoms with Gasteiger partial charge >= 0.3 is 5.69 Å². The van der Waals surface area contributed by atoms with Crippen molar-refractivity contribution < 1.29 is 9.66 Å². The van der Waals surface area contributed by atoms with Gasteiger partial charge in [-0.3, -0.25) is 10.1 Å². The van der Waals surface area contributed by atoms with Gasteiger partial charge in [0.05, 0.1) is 15.8 Å². The second-order valence-electron chi connectivity index (χ2n) is 4.19. The van der Waals surface area contributed by atoms with Crippen LogP contribution in [0.4, 0.5) is 5.69 Å². The predicted octanol–water partition coefficient (Wildman–Crippen LogP) is 5.09. The Morgan fingerprint density at radius 2 is 2.05 bits per heavy atom. The van der Waals surface area contributed by atoms with Gasteiger partial charge in [-0.25, -0.2) is 0 Å². The minimum Gasteiger partial charge on any atom is -0.448 e. The van der Waals surface area contributed by atoms with E-state index in [1.807, 2.05) is 19.1 Å². The molecule has 0 unspecified atom stereocenters. The molecule has 2 aromatic carbocycles. The Hall–Kier alpha value is -1.78. The van der Waals surface area contributed by atoms with Crippen LogP contribution in [0.2, 0.25) is 5.02 Å². The summed E-state index contributed by atoms with van der Waals surface area (Å²) in [7, 11) is 0. The Balaban J connectivity index is 2.47. The molecule has 4 nitrogen and oxygen atoms in total. The predicted molar refractivity (Wildman–Crippen MR) is 78.9 cm³/mol. The molecular formula is C14H11Cl2NO3. The highest BCUT2D eigenvalue weighted by molar-refractivity contribution is 6.32. The van der Waals surface area contributed by atoms with E-state index in [9.17, 15) is 10.1 Å². The van der Waals surface area contributed by atoms with Gasteiger partial charge in [-0.1, -0.05) is 35.4 Å². The lowest BCUT2D eigenvalue weighted by molar-refractivity contribution is -0.385. The average molecular weight is 312 g/mol. The van der Waals surface area contributed by atoms with E-state index in [1.54, 1.807) is 12.1 Å². The summed E-state index contributed by atoms with van der Waals surface area (Å²) in [4.78, 5) is 10.5. The first-order chi connectivity index (χ1) is 9.52. The smallest absolute Gasteiger partial charge is 0.313 e. The molecule has 0 bridgehead atoms. The normalized spacial score (nSPS) is 10.3. The van der Waals surface area contributed by atoms with Crippen LogP contribution in [-0.4, -0.2) is 4.92 Å². The highest BCUT2D eigenvalue weighted by Gasteiger charge is 2.20. The maximum Gasteiger partial charge on any atom is 0.313 e. The minimum atomic E-state index is -0.532. The van der Waals surface area contributed by atoms with Crippen LogP contribution in [0.15, 0.2) is 36.4 Å². The molecule has 0 saturated carbocycles. The molecule has 104 valence electrons. The van der Waals surface area contributed by atoms with Crippen LogP contribution in [0.1, 0.15) is 11.1 Å². The Kier molecular flexibility index (Phi) is 4.47. The lowest BCUT2D eigenvalue weighted by Gasteiger charge is -2.11.